The fourth-order valence-electron chi connectivity index (χ4n) is 5.87. The van der Waals surface area contributed by atoms with E-state index in [4.69, 9.17) is 0 Å². The number of Topliss-reactive ketones (excluding diaryl/α,β-unsaturated/α-hetero) is 1. The first kappa shape index (κ1) is 21.3. The second kappa shape index (κ2) is 8.61. The maximum Gasteiger partial charge on any atom is 0.179 e. The van der Waals surface area contributed by atoms with Crippen molar-refractivity contribution in [3.8, 4) is 11.1 Å². The van der Waals surface area contributed by atoms with E-state index in [1.807, 2.05) is 30.5 Å². The summed E-state index contributed by atoms with van der Waals surface area (Å²) < 4.78 is 1.17. The van der Waals surface area contributed by atoms with Crippen LogP contribution < -0.4 is 15.8 Å². The third-order valence-corrected chi connectivity index (χ3v) is 8.74. The van der Waals surface area contributed by atoms with Crippen molar-refractivity contribution >= 4 is 39.4 Å². The number of allylic oxidation sites excluding steroid dienone is 5. The Morgan fingerprint density at radius 3 is 2.72 bits per heavy atom. The van der Waals surface area contributed by atoms with Gasteiger partial charge in [0.25, 0.3) is 0 Å². The van der Waals surface area contributed by atoms with Gasteiger partial charge in [-0.3, -0.25) is 4.79 Å². The summed E-state index contributed by atoms with van der Waals surface area (Å²) in [6.45, 7) is 0. The van der Waals surface area contributed by atoms with E-state index in [0.29, 0.717) is 0 Å². The Labute approximate surface area is 214 Å². The van der Waals surface area contributed by atoms with Crippen LogP contribution in [0.25, 0.3) is 33.4 Å². The van der Waals surface area contributed by atoms with Gasteiger partial charge in [0, 0.05) is 28.4 Å². The lowest BCUT2D eigenvalue weighted by atomic mass is 9.76. The fraction of sp³-hybridized carbons (Fsp3) is 0.121. The number of thiophene rings is 1. The number of hydrogen-bond acceptors (Lipinski definition) is 3. The second-order valence-corrected chi connectivity index (χ2v) is 10.8. The van der Waals surface area contributed by atoms with Crippen LogP contribution in [0.3, 0.4) is 0 Å². The van der Waals surface area contributed by atoms with Gasteiger partial charge in [-0.05, 0) is 75.2 Å². The molecule has 0 radical (unpaired) electrons. The van der Waals surface area contributed by atoms with Crippen molar-refractivity contribution in [1.29, 1.82) is 0 Å². The van der Waals surface area contributed by atoms with E-state index in [0.717, 1.165) is 28.8 Å². The Hall–Kier alpha value is -3.95. The topological polar surface area (TPSA) is 29.1 Å². The maximum atomic E-state index is 13.9. The first-order valence-corrected chi connectivity index (χ1v) is 13.3. The number of carbonyl (C=O) groups excluding carboxylic acids is 1. The summed E-state index contributed by atoms with van der Waals surface area (Å²) >= 11 is 1.61. The van der Waals surface area contributed by atoms with Gasteiger partial charge >= 0.3 is 0 Å². The van der Waals surface area contributed by atoms with Gasteiger partial charge in [-0.2, -0.15) is 0 Å². The Balaban J connectivity index is 1.41. The van der Waals surface area contributed by atoms with Gasteiger partial charge < -0.3 is 5.32 Å². The highest BCUT2D eigenvalue weighted by Gasteiger charge is 2.31. The van der Waals surface area contributed by atoms with Gasteiger partial charge in [0.15, 0.2) is 5.78 Å². The third-order valence-electron chi connectivity index (χ3n) is 7.61. The van der Waals surface area contributed by atoms with Gasteiger partial charge in [-0.15, -0.1) is 11.3 Å². The molecule has 3 aliphatic rings. The Morgan fingerprint density at radius 2 is 1.78 bits per heavy atom. The summed E-state index contributed by atoms with van der Waals surface area (Å²) in [4.78, 5) is 14.8. The summed E-state index contributed by atoms with van der Waals surface area (Å²) in [7, 11) is 0. The molecule has 0 amide bonds. The van der Waals surface area contributed by atoms with Crippen molar-refractivity contribution in [3.63, 3.8) is 0 Å². The van der Waals surface area contributed by atoms with E-state index in [9.17, 15) is 4.79 Å². The number of hydrogen-bond donors (Lipinski definition) is 1. The van der Waals surface area contributed by atoms with Crippen molar-refractivity contribution in [2.45, 2.75) is 18.8 Å². The number of fused-ring (bicyclic) bond motifs is 6. The summed E-state index contributed by atoms with van der Waals surface area (Å²) in [5.74, 6) is 0.170. The molecule has 1 aromatic heterocycles. The van der Waals surface area contributed by atoms with E-state index < -0.39 is 0 Å². The van der Waals surface area contributed by atoms with Gasteiger partial charge in [-0.25, -0.2) is 0 Å². The molecule has 2 heterocycles. The molecule has 1 N–H and O–H groups in total. The normalized spacial score (nSPS) is 19.6. The molecule has 0 fully saturated rings. The zero-order valence-corrected chi connectivity index (χ0v) is 20.6. The minimum absolute atomic E-state index is 0.122. The molecule has 2 aliphatic carbocycles. The highest BCUT2D eigenvalue weighted by Crippen LogP contribution is 2.36. The van der Waals surface area contributed by atoms with E-state index >= 15 is 0 Å². The maximum absolute atomic E-state index is 13.9. The molecule has 174 valence electrons. The van der Waals surface area contributed by atoms with Crippen LogP contribution >= 0.6 is 11.3 Å². The predicted octanol–water partition coefficient (Wildman–Crippen LogP) is 6.23. The van der Waals surface area contributed by atoms with Gasteiger partial charge in [-0.1, -0.05) is 78.9 Å². The smallest absolute Gasteiger partial charge is 0.179 e. The lowest BCUT2D eigenvalue weighted by molar-refractivity contribution is 0.0948. The largest absolute Gasteiger partial charge is 0.364 e. The Bertz CT molecular complexity index is 1720. The molecule has 2 unspecified atom stereocenters. The average Bonchev–Trinajstić information content (AvgIpc) is 3.18. The van der Waals surface area contributed by atoms with E-state index in [1.54, 1.807) is 11.3 Å². The monoisotopic (exact) mass is 483 g/mol. The molecule has 0 saturated heterocycles. The van der Waals surface area contributed by atoms with Crippen LogP contribution in [0.1, 0.15) is 33.1 Å². The van der Waals surface area contributed by atoms with Crippen LogP contribution in [0.15, 0.2) is 103 Å². The highest BCUT2D eigenvalue weighted by molar-refractivity contribution is 7.20. The number of nitrogens with one attached hydrogen (secondary N) is 1. The molecule has 0 spiro atoms. The molecule has 0 saturated carbocycles. The van der Waals surface area contributed by atoms with Crippen LogP contribution in [0.5, 0.6) is 0 Å². The van der Waals surface area contributed by atoms with E-state index in [2.05, 4.69) is 84.2 Å². The molecule has 2 atom stereocenters. The first-order valence-electron chi connectivity index (χ1n) is 12.5. The number of carbonyl (C=O) groups is 1. The zero-order valence-electron chi connectivity index (χ0n) is 19.8. The number of benzene rings is 3. The lowest BCUT2D eigenvalue weighted by Gasteiger charge is -2.29. The second-order valence-electron chi connectivity index (χ2n) is 9.68. The molecule has 7 rings (SSSR count). The molecule has 2 nitrogen and oxygen atoms in total. The fourth-order valence-corrected chi connectivity index (χ4v) is 6.94. The minimum Gasteiger partial charge on any atom is -0.364 e. The quantitative estimate of drug-likeness (QED) is 0.350. The van der Waals surface area contributed by atoms with Crippen molar-refractivity contribution in [2.75, 3.05) is 0 Å². The molecule has 0 bridgehead atoms. The molecule has 36 heavy (non-hydrogen) atoms. The van der Waals surface area contributed by atoms with E-state index in [1.165, 1.54) is 37.4 Å². The lowest BCUT2D eigenvalue weighted by Crippen LogP contribution is -2.39. The van der Waals surface area contributed by atoms with Crippen molar-refractivity contribution in [1.82, 2.24) is 5.32 Å². The summed E-state index contributed by atoms with van der Waals surface area (Å²) in [5.41, 5.74) is 6.37. The zero-order chi connectivity index (χ0) is 24.1. The molecular weight excluding hydrogens is 458 g/mol. The summed E-state index contributed by atoms with van der Waals surface area (Å²) in [5, 5.41) is 7.13. The van der Waals surface area contributed by atoms with Crippen LogP contribution in [-0.4, -0.2) is 5.78 Å². The summed E-state index contributed by atoms with van der Waals surface area (Å²) in [6, 6.07) is 23.6. The molecule has 3 heteroatoms. The first-order chi connectivity index (χ1) is 17.8. The van der Waals surface area contributed by atoms with E-state index in [-0.39, 0.29) is 17.6 Å². The van der Waals surface area contributed by atoms with Crippen LogP contribution in [-0.2, 0) is 6.42 Å². The molecular formula is C33H25NOS. The predicted molar refractivity (Wildman–Crippen MR) is 150 cm³/mol. The molecule has 4 aromatic rings. The Kier molecular flexibility index (Phi) is 5.11. The number of ketones is 1. The third kappa shape index (κ3) is 3.51. The van der Waals surface area contributed by atoms with Gasteiger partial charge in [0.2, 0.25) is 0 Å². The minimum atomic E-state index is -0.174. The van der Waals surface area contributed by atoms with Gasteiger partial charge in [0.05, 0.1) is 4.88 Å². The van der Waals surface area contributed by atoms with Crippen LogP contribution in [0.2, 0.25) is 0 Å². The Morgan fingerprint density at radius 1 is 0.889 bits per heavy atom. The van der Waals surface area contributed by atoms with Crippen molar-refractivity contribution < 1.29 is 4.79 Å². The van der Waals surface area contributed by atoms with Crippen molar-refractivity contribution in [3.05, 3.63) is 129 Å². The summed E-state index contributed by atoms with van der Waals surface area (Å²) in [6.07, 6.45) is 16.5. The number of rotatable bonds is 3. The molecule has 1 aliphatic heterocycles. The van der Waals surface area contributed by atoms with Crippen LogP contribution in [0, 0.1) is 5.92 Å². The van der Waals surface area contributed by atoms with Gasteiger partial charge in [0.1, 0.15) is 0 Å². The SMILES string of the molecule is O=C(c1cc2ccccc2s1)C1C=c2c(ccc3c2=CCc2ccccc2-3)C(C2=CC=CC=CN2)C1. The highest BCUT2D eigenvalue weighted by atomic mass is 32.1. The molecule has 3 aromatic carbocycles. The average molecular weight is 484 g/mol. The van der Waals surface area contributed by atoms with Crippen LogP contribution in [0.4, 0.5) is 0 Å². The standard InChI is InChI=1S/C33H25NOS/c35-33(32-20-22-9-4-6-12-31(22)36-32)23-18-28-26-14-13-21-8-3-5-10-24(21)25(26)15-16-27(28)29(19-23)30-11-2-1-7-17-34-30/h1-12,14-18,20,23,29,34H,13,19H2. The van der Waals surface area contributed by atoms with Crippen molar-refractivity contribution in [2.24, 2.45) is 5.92 Å².